The van der Waals surface area contributed by atoms with Gasteiger partial charge >= 0.3 is 0 Å². The molecule has 1 rings (SSSR count). The van der Waals surface area contributed by atoms with Crippen molar-refractivity contribution in [2.75, 3.05) is 0 Å². The molecule has 9 heavy (non-hydrogen) atoms. The van der Waals surface area contributed by atoms with Crippen LogP contribution in [0.1, 0.15) is 0 Å². The van der Waals surface area contributed by atoms with Crippen LogP contribution in [-0.4, -0.2) is 5.11 Å². The summed E-state index contributed by atoms with van der Waals surface area (Å²) in [4.78, 5) is 0. The number of benzene rings is 1. The predicted molar refractivity (Wildman–Crippen MR) is 34.6 cm³/mol. The molecular weight excluding hydrogens is 187 g/mol. The van der Waals surface area contributed by atoms with E-state index in [-0.39, 0.29) is 10.2 Å². The fourth-order valence-electron chi connectivity index (χ4n) is 0.443. The summed E-state index contributed by atoms with van der Waals surface area (Å²) in [6.07, 6.45) is 0. The number of hydrogen-bond acceptors (Lipinski definition) is 1. The van der Waals surface area contributed by atoms with E-state index in [2.05, 4.69) is 22.0 Å². The molecule has 1 N–H and O–H groups in total. The number of phenolic OH excluding ortho intramolecular Hbond substituents is 1. The Morgan fingerprint density at radius 3 is 2.78 bits per heavy atom. The first-order valence-electron chi connectivity index (χ1n) is 2.26. The van der Waals surface area contributed by atoms with Crippen LogP contribution in [0.5, 0.6) is 5.75 Å². The Bertz CT molecular complexity index is 204. The van der Waals surface area contributed by atoms with Gasteiger partial charge in [-0.1, -0.05) is 0 Å². The molecule has 3 heteroatoms. The van der Waals surface area contributed by atoms with Crippen molar-refractivity contribution in [1.29, 1.82) is 0 Å². The lowest BCUT2D eigenvalue weighted by atomic mass is 10.3. The lowest BCUT2D eigenvalue weighted by molar-refractivity contribution is 0.430. The summed E-state index contributed by atoms with van der Waals surface area (Å²) < 4.78 is 12.6. The highest BCUT2D eigenvalue weighted by Gasteiger charge is 2.01. The van der Waals surface area contributed by atoms with Gasteiger partial charge in [0.25, 0.3) is 0 Å². The average molecular weight is 190 g/mol. The lowest BCUT2D eigenvalue weighted by Crippen LogP contribution is -1.76. The van der Waals surface area contributed by atoms with E-state index in [0.29, 0.717) is 0 Å². The van der Waals surface area contributed by atoms with Gasteiger partial charge in [0, 0.05) is 6.07 Å². The Morgan fingerprint density at radius 2 is 2.33 bits per heavy atom. The SMILES string of the molecule is Oc1cc[c]c(Br)c1F. The minimum atomic E-state index is -0.669. The van der Waals surface area contributed by atoms with Crippen molar-refractivity contribution in [2.24, 2.45) is 0 Å². The summed E-state index contributed by atoms with van der Waals surface area (Å²) in [6.45, 7) is 0. The van der Waals surface area contributed by atoms with Gasteiger partial charge in [-0.25, -0.2) is 4.39 Å². The molecule has 0 saturated heterocycles. The van der Waals surface area contributed by atoms with E-state index in [4.69, 9.17) is 5.11 Å². The maximum atomic E-state index is 12.4. The first kappa shape index (κ1) is 6.55. The fourth-order valence-corrected chi connectivity index (χ4v) is 0.778. The van der Waals surface area contributed by atoms with E-state index in [1.165, 1.54) is 12.1 Å². The van der Waals surface area contributed by atoms with Crippen LogP contribution in [0.3, 0.4) is 0 Å². The van der Waals surface area contributed by atoms with Crippen molar-refractivity contribution in [3.05, 3.63) is 28.5 Å². The molecule has 1 nitrogen and oxygen atoms in total. The summed E-state index contributed by atoms with van der Waals surface area (Å²) in [5.74, 6) is -1.03. The minimum absolute atomic E-state index is 0.155. The van der Waals surface area contributed by atoms with Gasteiger partial charge in [0.1, 0.15) is 0 Å². The molecule has 0 fully saturated rings. The molecule has 0 aliphatic heterocycles. The van der Waals surface area contributed by atoms with Gasteiger partial charge in [-0.2, -0.15) is 0 Å². The topological polar surface area (TPSA) is 20.2 Å². The van der Waals surface area contributed by atoms with E-state index in [0.717, 1.165) is 0 Å². The van der Waals surface area contributed by atoms with Crippen LogP contribution in [0, 0.1) is 11.9 Å². The van der Waals surface area contributed by atoms with Crippen LogP contribution in [-0.2, 0) is 0 Å². The first-order valence-corrected chi connectivity index (χ1v) is 3.06. The molecule has 0 unspecified atom stereocenters. The molecule has 0 atom stereocenters. The quantitative estimate of drug-likeness (QED) is 0.663. The highest BCUT2D eigenvalue weighted by atomic mass is 79.9. The Balaban J connectivity index is 3.25. The molecule has 0 amide bonds. The van der Waals surface area contributed by atoms with E-state index < -0.39 is 5.82 Å². The Hall–Kier alpha value is -0.570. The molecule has 1 aromatic carbocycles. The van der Waals surface area contributed by atoms with Crippen LogP contribution in [0.25, 0.3) is 0 Å². The predicted octanol–water partition coefficient (Wildman–Crippen LogP) is 2.09. The van der Waals surface area contributed by atoms with Gasteiger partial charge in [-0.15, -0.1) is 0 Å². The third kappa shape index (κ3) is 1.21. The molecule has 0 spiro atoms. The van der Waals surface area contributed by atoms with E-state index in [9.17, 15) is 4.39 Å². The molecular formula is C6H3BrFO. The van der Waals surface area contributed by atoms with E-state index >= 15 is 0 Å². The second kappa shape index (κ2) is 2.35. The zero-order valence-corrected chi connectivity index (χ0v) is 5.94. The molecule has 0 aromatic heterocycles. The van der Waals surface area contributed by atoms with Gasteiger partial charge in [0.05, 0.1) is 4.47 Å². The van der Waals surface area contributed by atoms with Crippen molar-refractivity contribution in [3.8, 4) is 5.75 Å². The van der Waals surface area contributed by atoms with Crippen LogP contribution < -0.4 is 0 Å². The van der Waals surface area contributed by atoms with Crippen molar-refractivity contribution in [3.63, 3.8) is 0 Å². The van der Waals surface area contributed by atoms with Gasteiger partial charge in [0.15, 0.2) is 11.6 Å². The molecule has 0 aliphatic carbocycles. The second-order valence-electron chi connectivity index (χ2n) is 1.49. The molecule has 0 heterocycles. The summed E-state index contributed by atoms with van der Waals surface area (Å²) in [7, 11) is 0. The van der Waals surface area contributed by atoms with Gasteiger partial charge in [-0.05, 0) is 28.1 Å². The minimum Gasteiger partial charge on any atom is -0.505 e. The summed E-state index contributed by atoms with van der Waals surface area (Å²) >= 11 is 2.86. The van der Waals surface area contributed by atoms with E-state index in [1.54, 1.807) is 0 Å². The number of halogens is 2. The van der Waals surface area contributed by atoms with Crippen molar-refractivity contribution >= 4 is 15.9 Å². The molecule has 1 aromatic rings. The number of phenols is 1. The van der Waals surface area contributed by atoms with Crippen molar-refractivity contribution < 1.29 is 9.50 Å². The summed E-state index contributed by atoms with van der Waals surface area (Å²) in [5, 5.41) is 8.68. The highest BCUT2D eigenvalue weighted by Crippen LogP contribution is 2.21. The summed E-state index contributed by atoms with van der Waals surface area (Å²) in [6, 6.07) is 5.19. The first-order chi connectivity index (χ1) is 4.22. The van der Waals surface area contributed by atoms with Gasteiger partial charge in [-0.3, -0.25) is 0 Å². The largest absolute Gasteiger partial charge is 0.505 e. The Kier molecular flexibility index (Phi) is 1.71. The maximum absolute atomic E-state index is 12.4. The summed E-state index contributed by atoms with van der Waals surface area (Å²) in [5.41, 5.74) is 0. The smallest absolute Gasteiger partial charge is 0.179 e. The third-order valence-corrected chi connectivity index (χ3v) is 1.45. The van der Waals surface area contributed by atoms with Crippen molar-refractivity contribution in [1.82, 2.24) is 0 Å². The Labute approximate surface area is 60.3 Å². The van der Waals surface area contributed by atoms with Crippen LogP contribution in [0.4, 0.5) is 4.39 Å². The van der Waals surface area contributed by atoms with E-state index in [1.807, 2.05) is 0 Å². The molecule has 0 aliphatic rings. The van der Waals surface area contributed by atoms with Crippen LogP contribution >= 0.6 is 15.9 Å². The standard InChI is InChI=1S/C6H3BrFO/c7-4-2-1-3-5(9)6(4)8/h1,3,9H. The monoisotopic (exact) mass is 189 g/mol. The second-order valence-corrected chi connectivity index (χ2v) is 2.28. The average Bonchev–Trinajstić information content (AvgIpc) is 1.83. The Morgan fingerprint density at radius 1 is 1.67 bits per heavy atom. The zero-order chi connectivity index (χ0) is 6.85. The number of rotatable bonds is 0. The maximum Gasteiger partial charge on any atom is 0.179 e. The van der Waals surface area contributed by atoms with Crippen molar-refractivity contribution in [2.45, 2.75) is 0 Å². The van der Waals surface area contributed by atoms with Crippen LogP contribution in [0.2, 0.25) is 0 Å². The molecule has 47 valence electrons. The number of aromatic hydroxyl groups is 1. The van der Waals surface area contributed by atoms with Crippen LogP contribution in [0.15, 0.2) is 16.6 Å². The lowest BCUT2D eigenvalue weighted by Gasteiger charge is -1.93. The molecule has 0 saturated carbocycles. The van der Waals surface area contributed by atoms with Gasteiger partial charge in [0.2, 0.25) is 0 Å². The normalized spacial score (nSPS) is 9.56. The zero-order valence-electron chi connectivity index (χ0n) is 4.36. The fraction of sp³-hybridized carbons (Fsp3) is 0. The molecule has 0 bridgehead atoms. The third-order valence-electron chi connectivity index (χ3n) is 0.869. The highest BCUT2D eigenvalue weighted by molar-refractivity contribution is 9.10. The molecule has 1 radical (unpaired) electrons. The number of hydrogen-bond donors (Lipinski definition) is 1. The van der Waals surface area contributed by atoms with Gasteiger partial charge < -0.3 is 5.11 Å².